The fourth-order valence-electron chi connectivity index (χ4n) is 1.77. The van der Waals surface area contributed by atoms with Crippen LogP contribution in [0.15, 0.2) is 0 Å². The van der Waals surface area contributed by atoms with E-state index >= 15 is 0 Å². The highest BCUT2D eigenvalue weighted by Crippen LogP contribution is 2.27. The molecular weight excluding hydrogens is 182 g/mol. The van der Waals surface area contributed by atoms with E-state index in [1.807, 2.05) is 0 Å². The van der Waals surface area contributed by atoms with Crippen LogP contribution in [0.5, 0.6) is 0 Å². The summed E-state index contributed by atoms with van der Waals surface area (Å²) in [6.45, 7) is 1.62. The van der Waals surface area contributed by atoms with E-state index in [1.165, 1.54) is 6.42 Å². The standard InChI is InChI=1S/C10H21NO3/c1-13-7-8-14-11-9-10(12)5-3-2-4-6-10/h11-12H,2-9H2,1H3. The summed E-state index contributed by atoms with van der Waals surface area (Å²) >= 11 is 0. The predicted octanol–water partition coefficient (Wildman–Crippen LogP) is 0.849. The van der Waals surface area contributed by atoms with Gasteiger partial charge in [-0.05, 0) is 12.8 Å². The van der Waals surface area contributed by atoms with Crippen LogP contribution in [0, 0.1) is 0 Å². The number of hydroxylamine groups is 1. The van der Waals surface area contributed by atoms with Crippen LogP contribution in [0.25, 0.3) is 0 Å². The molecule has 0 spiro atoms. The Balaban J connectivity index is 2.03. The molecular formula is C10H21NO3. The minimum absolute atomic E-state index is 0.520. The number of methoxy groups -OCH3 is 1. The normalized spacial score (nSPS) is 21.0. The fourth-order valence-corrected chi connectivity index (χ4v) is 1.77. The number of nitrogens with one attached hydrogen (secondary N) is 1. The zero-order chi connectivity index (χ0) is 10.3. The van der Waals surface area contributed by atoms with Gasteiger partial charge < -0.3 is 9.84 Å². The number of ether oxygens (including phenoxy) is 1. The van der Waals surface area contributed by atoms with E-state index in [9.17, 15) is 5.11 Å². The molecule has 84 valence electrons. The third-order valence-electron chi connectivity index (χ3n) is 2.68. The molecule has 0 heterocycles. The van der Waals surface area contributed by atoms with Gasteiger partial charge in [0.1, 0.15) is 0 Å². The summed E-state index contributed by atoms with van der Waals surface area (Å²) in [6, 6.07) is 0. The third kappa shape index (κ3) is 4.37. The lowest BCUT2D eigenvalue weighted by Gasteiger charge is -2.31. The first-order valence-electron chi connectivity index (χ1n) is 5.33. The number of aliphatic hydroxyl groups is 1. The first-order chi connectivity index (χ1) is 6.77. The summed E-state index contributed by atoms with van der Waals surface area (Å²) in [6.07, 6.45) is 5.25. The summed E-state index contributed by atoms with van der Waals surface area (Å²) in [4.78, 5) is 5.11. The third-order valence-corrected chi connectivity index (χ3v) is 2.68. The van der Waals surface area contributed by atoms with E-state index in [4.69, 9.17) is 9.57 Å². The van der Waals surface area contributed by atoms with Gasteiger partial charge in [-0.2, -0.15) is 5.48 Å². The van der Waals surface area contributed by atoms with Crippen LogP contribution in [0.4, 0.5) is 0 Å². The molecule has 0 atom stereocenters. The molecule has 1 aliphatic rings. The molecule has 2 N–H and O–H groups in total. The minimum atomic E-state index is -0.550. The van der Waals surface area contributed by atoms with Crippen molar-refractivity contribution in [2.45, 2.75) is 37.7 Å². The molecule has 1 aliphatic carbocycles. The summed E-state index contributed by atoms with van der Waals surface area (Å²) in [5.74, 6) is 0. The van der Waals surface area contributed by atoms with E-state index in [0.717, 1.165) is 25.7 Å². The average Bonchev–Trinajstić information content (AvgIpc) is 2.18. The monoisotopic (exact) mass is 203 g/mol. The van der Waals surface area contributed by atoms with Crippen molar-refractivity contribution in [2.75, 3.05) is 26.9 Å². The summed E-state index contributed by atoms with van der Waals surface area (Å²) in [5, 5.41) is 10.1. The second-order valence-electron chi connectivity index (χ2n) is 3.95. The Labute approximate surface area is 85.5 Å². The highest BCUT2D eigenvalue weighted by atomic mass is 16.7. The molecule has 1 rings (SSSR count). The molecule has 0 unspecified atom stereocenters. The van der Waals surface area contributed by atoms with Crippen molar-refractivity contribution in [2.24, 2.45) is 0 Å². The highest BCUT2D eigenvalue weighted by molar-refractivity contribution is 4.83. The Kier molecular flexibility index (Phi) is 5.40. The summed E-state index contributed by atoms with van der Waals surface area (Å²) in [5.41, 5.74) is 2.25. The van der Waals surface area contributed by atoms with Crippen molar-refractivity contribution in [1.29, 1.82) is 0 Å². The van der Waals surface area contributed by atoms with E-state index in [2.05, 4.69) is 5.48 Å². The van der Waals surface area contributed by atoms with Crippen LogP contribution in [-0.4, -0.2) is 37.6 Å². The van der Waals surface area contributed by atoms with Crippen molar-refractivity contribution in [3.63, 3.8) is 0 Å². The lowest BCUT2D eigenvalue weighted by molar-refractivity contribution is -0.0589. The maximum Gasteiger partial charge on any atom is 0.0915 e. The largest absolute Gasteiger partial charge is 0.388 e. The molecule has 0 amide bonds. The highest BCUT2D eigenvalue weighted by Gasteiger charge is 2.28. The molecule has 1 saturated carbocycles. The van der Waals surface area contributed by atoms with Crippen molar-refractivity contribution < 1.29 is 14.7 Å². The molecule has 0 aliphatic heterocycles. The Morgan fingerprint density at radius 1 is 1.21 bits per heavy atom. The average molecular weight is 203 g/mol. The van der Waals surface area contributed by atoms with Crippen molar-refractivity contribution >= 4 is 0 Å². The van der Waals surface area contributed by atoms with Gasteiger partial charge in [0, 0.05) is 13.7 Å². The van der Waals surface area contributed by atoms with Gasteiger partial charge in [0.15, 0.2) is 0 Å². The van der Waals surface area contributed by atoms with Crippen molar-refractivity contribution in [1.82, 2.24) is 5.48 Å². The van der Waals surface area contributed by atoms with Crippen molar-refractivity contribution in [3.8, 4) is 0 Å². The predicted molar refractivity (Wildman–Crippen MR) is 53.9 cm³/mol. The SMILES string of the molecule is COCCONCC1(O)CCCCC1. The number of rotatable bonds is 6. The zero-order valence-corrected chi connectivity index (χ0v) is 8.92. The van der Waals surface area contributed by atoms with Gasteiger partial charge in [0.25, 0.3) is 0 Å². The molecule has 0 aromatic rings. The Morgan fingerprint density at radius 2 is 1.93 bits per heavy atom. The van der Waals surface area contributed by atoms with Crippen LogP contribution in [0.3, 0.4) is 0 Å². The van der Waals surface area contributed by atoms with Crippen LogP contribution >= 0.6 is 0 Å². The smallest absolute Gasteiger partial charge is 0.0915 e. The van der Waals surface area contributed by atoms with Gasteiger partial charge in [-0.1, -0.05) is 19.3 Å². The molecule has 0 aromatic heterocycles. The van der Waals surface area contributed by atoms with Gasteiger partial charge in [0.05, 0.1) is 18.8 Å². The Morgan fingerprint density at radius 3 is 2.57 bits per heavy atom. The van der Waals surface area contributed by atoms with Gasteiger partial charge in [-0.3, -0.25) is 4.84 Å². The second-order valence-corrected chi connectivity index (χ2v) is 3.95. The van der Waals surface area contributed by atoms with Crippen LogP contribution in [-0.2, 0) is 9.57 Å². The Bertz CT molecular complexity index is 146. The lowest BCUT2D eigenvalue weighted by Crippen LogP contribution is -2.42. The zero-order valence-electron chi connectivity index (χ0n) is 8.92. The van der Waals surface area contributed by atoms with E-state index in [1.54, 1.807) is 7.11 Å². The van der Waals surface area contributed by atoms with Crippen LogP contribution in [0.2, 0.25) is 0 Å². The molecule has 4 heteroatoms. The van der Waals surface area contributed by atoms with Gasteiger partial charge in [-0.15, -0.1) is 0 Å². The summed E-state index contributed by atoms with van der Waals surface area (Å²) < 4.78 is 4.83. The molecule has 0 bridgehead atoms. The van der Waals surface area contributed by atoms with Crippen LogP contribution in [0.1, 0.15) is 32.1 Å². The molecule has 4 nitrogen and oxygen atoms in total. The van der Waals surface area contributed by atoms with Crippen LogP contribution < -0.4 is 5.48 Å². The molecule has 0 radical (unpaired) electrons. The van der Waals surface area contributed by atoms with Gasteiger partial charge >= 0.3 is 0 Å². The van der Waals surface area contributed by atoms with Gasteiger partial charge in [-0.25, -0.2) is 0 Å². The number of hydrogen-bond donors (Lipinski definition) is 2. The van der Waals surface area contributed by atoms with Crippen molar-refractivity contribution in [3.05, 3.63) is 0 Å². The quantitative estimate of drug-likeness (QED) is 0.496. The maximum atomic E-state index is 10.1. The van der Waals surface area contributed by atoms with E-state index in [-0.39, 0.29) is 0 Å². The topological polar surface area (TPSA) is 50.7 Å². The first-order valence-corrected chi connectivity index (χ1v) is 5.33. The lowest BCUT2D eigenvalue weighted by atomic mass is 9.85. The molecule has 1 fully saturated rings. The fraction of sp³-hybridized carbons (Fsp3) is 1.00. The molecule has 0 saturated heterocycles. The van der Waals surface area contributed by atoms with E-state index < -0.39 is 5.60 Å². The summed E-state index contributed by atoms with van der Waals surface area (Å²) in [7, 11) is 1.64. The van der Waals surface area contributed by atoms with Gasteiger partial charge in [0.2, 0.25) is 0 Å². The number of hydrogen-bond acceptors (Lipinski definition) is 4. The molecule has 14 heavy (non-hydrogen) atoms. The molecule has 0 aromatic carbocycles. The second kappa shape index (κ2) is 6.35. The maximum absolute atomic E-state index is 10.1. The Hall–Kier alpha value is -0.160. The minimum Gasteiger partial charge on any atom is -0.388 e. The first kappa shape index (κ1) is 11.9. The van der Waals surface area contributed by atoms with E-state index in [0.29, 0.717) is 19.8 Å².